The summed E-state index contributed by atoms with van der Waals surface area (Å²) in [6, 6.07) is 8.41. The lowest BCUT2D eigenvalue weighted by molar-refractivity contribution is -0.695. The van der Waals surface area contributed by atoms with Gasteiger partial charge in [-0.3, -0.25) is 14.6 Å². The number of aromatic amines is 2. The first-order chi connectivity index (χ1) is 16.3. The number of aliphatic hydroxyl groups excluding tert-OH is 1. The number of ether oxygens (including phenoxy) is 1. The number of amides is 1. The second-order valence-electron chi connectivity index (χ2n) is 8.22. The summed E-state index contributed by atoms with van der Waals surface area (Å²) in [5, 5.41) is 11.4. The average molecular weight is 464 g/mol. The number of aliphatic hydroxyl groups is 1. The van der Waals surface area contributed by atoms with Gasteiger partial charge in [-0.05, 0) is 25.0 Å². The van der Waals surface area contributed by atoms with Crippen molar-refractivity contribution >= 4 is 23.4 Å². The number of carbonyl (C=O) groups is 3. The molecule has 176 valence electrons. The predicted molar refractivity (Wildman–Crippen MR) is 123 cm³/mol. The van der Waals surface area contributed by atoms with Gasteiger partial charge in [-0.15, -0.1) is 0 Å². The molecule has 1 aliphatic heterocycles. The molecule has 2 aromatic heterocycles. The van der Waals surface area contributed by atoms with Crippen LogP contribution in [0.3, 0.4) is 0 Å². The lowest BCUT2D eigenvalue weighted by atomic mass is 9.94. The van der Waals surface area contributed by atoms with Crippen molar-refractivity contribution in [3.8, 4) is 0 Å². The zero-order chi connectivity index (χ0) is 24.4. The van der Waals surface area contributed by atoms with Crippen LogP contribution in [0.1, 0.15) is 45.3 Å². The van der Waals surface area contributed by atoms with Crippen molar-refractivity contribution in [1.82, 2.24) is 14.9 Å². The van der Waals surface area contributed by atoms with Gasteiger partial charge in [0.1, 0.15) is 23.8 Å². The van der Waals surface area contributed by atoms with E-state index in [4.69, 9.17) is 4.74 Å². The molecule has 0 aliphatic carbocycles. The number of aromatic nitrogens is 3. The fraction of sp³-hybridized carbons (Fsp3) is 0.280. The highest BCUT2D eigenvalue weighted by molar-refractivity contribution is 6.46. The Bertz CT molecular complexity index is 1260. The van der Waals surface area contributed by atoms with Crippen LogP contribution in [0.2, 0.25) is 0 Å². The Balaban J connectivity index is 1.78. The number of nitrogens with zero attached hydrogens (tertiary/aromatic N) is 2. The van der Waals surface area contributed by atoms with Crippen LogP contribution in [-0.2, 0) is 20.9 Å². The van der Waals surface area contributed by atoms with Crippen molar-refractivity contribution in [2.24, 2.45) is 0 Å². The molecule has 1 amide bonds. The zero-order valence-electron chi connectivity index (χ0n) is 19.3. The molecule has 1 aliphatic rings. The maximum atomic E-state index is 13.2. The lowest BCUT2D eigenvalue weighted by Crippen LogP contribution is -2.36. The van der Waals surface area contributed by atoms with Crippen molar-refractivity contribution in [2.45, 2.75) is 32.9 Å². The minimum absolute atomic E-state index is 0.00659. The number of carbonyl (C=O) groups excluding carboxylic acids is 3. The minimum Gasteiger partial charge on any atom is -0.507 e. The first-order valence-corrected chi connectivity index (χ1v) is 11.0. The second kappa shape index (κ2) is 9.38. The highest BCUT2D eigenvalue weighted by Gasteiger charge is 2.46. The van der Waals surface area contributed by atoms with Gasteiger partial charge in [0, 0.05) is 24.2 Å². The summed E-state index contributed by atoms with van der Waals surface area (Å²) in [4.78, 5) is 45.8. The Kier molecular flexibility index (Phi) is 6.36. The van der Waals surface area contributed by atoms with Crippen molar-refractivity contribution < 1.29 is 28.8 Å². The number of aryl methyl sites for hydroxylation is 2. The monoisotopic (exact) mass is 463 g/mol. The lowest BCUT2D eigenvalue weighted by Gasteiger charge is -2.25. The fourth-order valence-corrected chi connectivity index (χ4v) is 4.52. The van der Waals surface area contributed by atoms with Crippen LogP contribution in [0.4, 0.5) is 0 Å². The van der Waals surface area contributed by atoms with Crippen molar-refractivity contribution in [2.75, 3.05) is 13.7 Å². The Morgan fingerprint density at radius 1 is 1.21 bits per heavy atom. The first kappa shape index (κ1) is 23.0. The molecule has 0 bridgehead atoms. The summed E-state index contributed by atoms with van der Waals surface area (Å²) in [5.41, 5.74) is 2.18. The van der Waals surface area contributed by atoms with Gasteiger partial charge >= 0.3 is 5.97 Å². The van der Waals surface area contributed by atoms with Crippen LogP contribution in [0.5, 0.6) is 0 Å². The molecule has 34 heavy (non-hydrogen) atoms. The van der Waals surface area contributed by atoms with E-state index in [-0.39, 0.29) is 17.0 Å². The van der Waals surface area contributed by atoms with E-state index in [2.05, 4.69) is 9.97 Å². The Morgan fingerprint density at radius 3 is 2.59 bits per heavy atom. The molecule has 3 heterocycles. The zero-order valence-corrected chi connectivity index (χ0v) is 19.3. The number of imidazole rings is 1. The Labute approximate surface area is 196 Å². The summed E-state index contributed by atoms with van der Waals surface area (Å²) in [6.07, 6.45) is 6.13. The molecule has 0 spiro atoms. The predicted octanol–water partition coefficient (Wildman–Crippen LogP) is 2.55. The molecular weight excluding hydrogens is 436 g/mol. The van der Waals surface area contributed by atoms with Gasteiger partial charge in [0.05, 0.1) is 25.3 Å². The molecule has 3 N–H and O–H groups in total. The third kappa shape index (κ3) is 4.00. The molecule has 9 heteroatoms. The topological polar surface area (TPSA) is 119 Å². The van der Waals surface area contributed by atoms with E-state index in [1.54, 1.807) is 20.0 Å². The molecule has 4 rings (SSSR count). The normalized spacial score (nSPS) is 17.4. The number of nitrogens with one attached hydrogen (secondary N) is 2. The highest BCUT2D eigenvalue weighted by Crippen LogP contribution is 2.40. The summed E-state index contributed by atoms with van der Waals surface area (Å²) >= 11 is 0. The smallest absolute Gasteiger partial charge is 0.354 e. The molecule has 1 saturated heterocycles. The number of rotatable bonds is 7. The molecule has 3 aromatic rings. The van der Waals surface area contributed by atoms with Crippen molar-refractivity contribution in [3.05, 3.63) is 82.7 Å². The maximum Gasteiger partial charge on any atom is 0.354 e. The van der Waals surface area contributed by atoms with Gasteiger partial charge in [0.25, 0.3) is 11.7 Å². The highest BCUT2D eigenvalue weighted by atomic mass is 16.5. The maximum absolute atomic E-state index is 13.2. The second-order valence-corrected chi connectivity index (χ2v) is 8.22. The van der Waals surface area contributed by atoms with E-state index in [0.29, 0.717) is 36.3 Å². The van der Waals surface area contributed by atoms with Crippen LogP contribution in [0.25, 0.3) is 5.76 Å². The molecule has 1 atom stereocenters. The van der Waals surface area contributed by atoms with E-state index in [9.17, 15) is 19.5 Å². The van der Waals surface area contributed by atoms with Crippen molar-refractivity contribution in [3.63, 3.8) is 0 Å². The number of benzene rings is 1. The standard InChI is InChI=1S/C25H26N4O5/c1-15-18(16(2)27-20(15)25(33)34-3)22(30)19-21(17-8-5-4-6-9-17)29(24(32)23(19)31)12-7-11-28-13-10-26-14-28/h4-6,8-10,13-14,21H,7,11-12H2,1-3H3,(H2,27,30,31,33)/p+1. The van der Waals surface area contributed by atoms with Gasteiger partial charge in [0.15, 0.2) is 0 Å². The molecule has 1 unspecified atom stereocenters. The van der Waals surface area contributed by atoms with Gasteiger partial charge in [-0.1, -0.05) is 30.3 Å². The first-order valence-electron chi connectivity index (χ1n) is 11.0. The number of H-pyrrole nitrogens is 2. The van der Waals surface area contributed by atoms with E-state index >= 15 is 0 Å². The molecular formula is C25H27N4O5+. The summed E-state index contributed by atoms with van der Waals surface area (Å²) in [7, 11) is 1.27. The summed E-state index contributed by atoms with van der Waals surface area (Å²) in [5.74, 6) is -2.30. The van der Waals surface area contributed by atoms with Gasteiger partial charge in [-0.2, -0.15) is 0 Å². The third-order valence-corrected chi connectivity index (χ3v) is 6.14. The fourth-order valence-electron chi connectivity index (χ4n) is 4.52. The van der Waals surface area contributed by atoms with Crippen LogP contribution >= 0.6 is 0 Å². The number of ketones is 1. The average Bonchev–Trinajstić information content (AvgIpc) is 3.52. The van der Waals surface area contributed by atoms with E-state index in [1.807, 2.05) is 47.4 Å². The summed E-state index contributed by atoms with van der Waals surface area (Å²) < 4.78 is 6.76. The minimum atomic E-state index is -0.750. The number of Topliss-reactive ketones (excluding diaryl/α,β-unsaturated/α-hetero) is 1. The van der Waals surface area contributed by atoms with Gasteiger partial charge in [-0.25, -0.2) is 9.36 Å². The Hall–Kier alpha value is -4.14. The number of esters is 1. The Morgan fingerprint density at radius 2 is 1.94 bits per heavy atom. The van der Waals surface area contributed by atoms with E-state index in [0.717, 1.165) is 5.56 Å². The van der Waals surface area contributed by atoms with Crippen molar-refractivity contribution in [1.29, 1.82) is 0 Å². The molecule has 9 nitrogen and oxygen atoms in total. The molecule has 0 saturated carbocycles. The van der Waals surface area contributed by atoms with Crippen LogP contribution < -0.4 is 4.57 Å². The molecule has 1 fully saturated rings. The van der Waals surface area contributed by atoms with Crippen LogP contribution in [0.15, 0.2) is 54.6 Å². The largest absolute Gasteiger partial charge is 0.507 e. The van der Waals surface area contributed by atoms with Crippen LogP contribution in [0, 0.1) is 13.8 Å². The quantitative estimate of drug-likeness (QED) is 0.164. The van der Waals surface area contributed by atoms with Crippen LogP contribution in [-0.4, -0.2) is 51.3 Å². The molecule has 0 radical (unpaired) electrons. The van der Waals surface area contributed by atoms with E-state index in [1.165, 1.54) is 12.0 Å². The SMILES string of the molecule is COC(=O)c1[nH]c(C)c(C(O)=C2C(=O)C(=O)N(CCC[n+]3cc[nH]c3)C2c2ccccc2)c1C. The summed E-state index contributed by atoms with van der Waals surface area (Å²) in [6.45, 7) is 4.34. The number of likely N-dealkylation sites (tertiary alicyclic amines) is 1. The number of hydrogen-bond donors (Lipinski definition) is 3. The van der Waals surface area contributed by atoms with E-state index < -0.39 is 23.7 Å². The van der Waals surface area contributed by atoms with Gasteiger partial charge < -0.3 is 19.7 Å². The number of hydrogen-bond acceptors (Lipinski definition) is 5. The number of methoxy groups -OCH3 is 1. The molecule has 1 aromatic carbocycles. The van der Waals surface area contributed by atoms with Gasteiger partial charge in [0.2, 0.25) is 6.33 Å². The third-order valence-electron chi connectivity index (χ3n) is 6.14.